The van der Waals surface area contributed by atoms with Gasteiger partial charge in [0.1, 0.15) is 23.3 Å². The quantitative estimate of drug-likeness (QED) is 0.534. The number of carbonyl (C=O) groups excluding carboxylic acids is 1. The van der Waals surface area contributed by atoms with Crippen LogP contribution in [0.1, 0.15) is 23.9 Å². The predicted molar refractivity (Wildman–Crippen MR) is 120 cm³/mol. The second-order valence-electron chi connectivity index (χ2n) is 7.84. The number of fused-ring (bicyclic) bond motifs is 1. The Morgan fingerprint density at radius 2 is 2.06 bits per heavy atom. The standard InChI is InChI=1S/C21H21ClF3N7O2/c1-11-19-16(31(3)12(2)20(33)28-19)7-18(27-11)26-8-14-10-32(30-29-14)9-13-4-5-15(22)17(6-13)34-21(23,24)25/h4-7,10,12H,8-9H2,1-3H3,(H,26,27)(H,28,33)/t12-/m0/s1. The highest BCUT2D eigenvalue weighted by molar-refractivity contribution is 6.32. The minimum atomic E-state index is -4.84. The molecule has 0 bridgehead atoms. The van der Waals surface area contributed by atoms with E-state index in [1.165, 1.54) is 16.8 Å². The van der Waals surface area contributed by atoms with Gasteiger partial charge in [-0.2, -0.15) is 0 Å². The number of rotatable bonds is 6. The van der Waals surface area contributed by atoms with Crippen molar-refractivity contribution in [1.82, 2.24) is 20.0 Å². The van der Waals surface area contributed by atoms with Crippen LogP contribution in [0.4, 0.5) is 30.4 Å². The highest BCUT2D eigenvalue weighted by Gasteiger charge is 2.32. The lowest BCUT2D eigenvalue weighted by molar-refractivity contribution is -0.274. The largest absolute Gasteiger partial charge is 0.573 e. The van der Waals surface area contributed by atoms with Crippen LogP contribution in [-0.2, 0) is 17.9 Å². The van der Waals surface area contributed by atoms with Crippen molar-refractivity contribution in [3.05, 3.63) is 52.4 Å². The molecule has 1 aromatic carbocycles. The molecule has 34 heavy (non-hydrogen) atoms. The van der Waals surface area contributed by atoms with Gasteiger partial charge >= 0.3 is 6.36 Å². The second-order valence-corrected chi connectivity index (χ2v) is 8.24. The van der Waals surface area contributed by atoms with E-state index in [0.29, 0.717) is 35.0 Å². The summed E-state index contributed by atoms with van der Waals surface area (Å²) in [6, 6.07) is 5.67. The first-order valence-electron chi connectivity index (χ1n) is 10.2. The molecule has 0 radical (unpaired) electrons. The van der Waals surface area contributed by atoms with Gasteiger partial charge in [-0.25, -0.2) is 9.67 Å². The van der Waals surface area contributed by atoms with Gasteiger partial charge in [0.25, 0.3) is 0 Å². The first kappa shape index (κ1) is 23.6. The molecular formula is C21H21ClF3N7O2. The van der Waals surface area contributed by atoms with E-state index in [1.54, 1.807) is 12.3 Å². The van der Waals surface area contributed by atoms with E-state index in [0.717, 1.165) is 5.69 Å². The van der Waals surface area contributed by atoms with Crippen LogP contribution in [0, 0.1) is 6.92 Å². The Hall–Kier alpha value is -3.54. The number of nitrogens with zero attached hydrogens (tertiary/aromatic N) is 5. The van der Waals surface area contributed by atoms with Crippen molar-refractivity contribution < 1.29 is 22.7 Å². The maximum atomic E-state index is 12.5. The summed E-state index contributed by atoms with van der Waals surface area (Å²) in [5.41, 5.74) is 3.33. The topological polar surface area (TPSA) is 97.2 Å². The van der Waals surface area contributed by atoms with Crippen molar-refractivity contribution in [3.63, 3.8) is 0 Å². The average Bonchev–Trinajstić information content (AvgIpc) is 3.20. The summed E-state index contributed by atoms with van der Waals surface area (Å²) in [6.07, 6.45) is -3.17. The van der Waals surface area contributed by atoms with Crippen LogP contribution >= 0.6 is 11.6 Å². The summed E-state index contributed by atoms with van der Waals surface area (Å²) in [4.78, 5) is 18.4. The van der Waals surface area contributed by atoms with E-state index in [4.69, 9.17) is 11.6 Å². The van der Waals surface area contributed by atoms with Crippen molar-refractivity contribution in [1.29, 1.82) is 0 Å². The number of ether oxygens (including phenoxy) is 1. The lowest BCUT2D eigenvalue weighted by Crippen LogP contribution is -2.44. The molecule has 0 saturated carbocycles. The molecule has 0 aliphatic carbocycles. The minimum absolute atomic E-state index is 0.0880. The molecule has 0 unspecified atom stereocenters. The third-order valence-electron chi connectivity index (χ3n) is 5.37. The average molecular weight is 496 g/mol. The molecule has 0 spiro atoms. The van der Waals surface area contributed by atoms with Gasteiger partial charge in [-0.15, -0.1) is 18.3 Å². The summed E-state index contributed by atoms with van der Waals surface area (Å²) < 4.78 is 43.1. The van der Waals surface area contributed by atoms with Crippen molar-refractivity contribution in [2.24, 2.45) is 0 Å². The molecule has 1 amide bonds. The molecule has 9 nitrogen and oxygen atoms in total. The number of alkyl halides is 3. The number of halogens is 4. The SMILES string of the molecule is Cc1nc(NCc2cn(Cc3ccc(Cl)c(OC(F)(F)F)c3)nn2)cc2c1NC(=O)[C@H](C)N2C. The van der Waals surface area contributed by atoms with Crippen LogP contribution in [0.2, 0.25) is 5.02 Å². The summed E-state index contributed by atoms with van der Waals surface area (Å²) in [6.45, 7) is 4.13. The number of benzene rings is 1. The molecular weight excluding hydrogens is 475 g/mol. The fourth-order valence-electron chi connectivity index (χ4n) is 3.51. The summed E-state index contributed by atoms with van der Waals surface area (Å²) in [7, 11) is 1.85. The van der Waals surface area contributed by atoms with Gasteiger partial charge in [0.05, 0.1) is 41.4 Å². The zero-order valence-corrected chi connectivity index (χ0v) is 19.2. The second kappa shape index (κ2) is 9.01. The number of carbonyl (C=O) groups is 1. The smallest absolute Gasteiger partial charge is 0.404 e. The van der Waals surface area contributed by atoms with Crippen LogP contribution in [0.25, 0.3) is 0 Å². The van der Waals surface area contributed by atoms with Gasteiger partial charge in [0.2, 0.25) is 5.91 Å². The third-order valence-corrected chi connectivity index (χ3v) is 5.68. The number of hydrogen-bond acceptors (Lipinski definition) is 7. The molecule has 2 N–H and O–H groups in total. The number of pyridine rings is 1. The Morgan fingerprint density at radius 1 is 1.29 bits per heavy atom. The van der Waals surface area contributed by atoms with E-state index in [-0.39, 0.29) is 23.5 Å². The Kier molecular flexibility index (Phi) is 6.26. The van der Waals surface area contributed by atoms with Crippen LogP contribution < -0.4 is 20.3 Å². The number of aryl methyl sites for hydroxylation is 1. The van der Waals surface area contributed by atoms with Gasteiger partial charge in [-0.1, -0.05) is 22.9 Å². The normalized spacial score (nSPS) is 15.7. The Labute approximate surface area is 197 Å². The van der Waals surface area contributed by atoms with Gasteiger partial charge in [0.15, 0.2) is 0 Å². The van der Waals surface area contributed by atoms with Gasteiger partial charge in [0, 0.05) is 13.1 Å². The molecule has 3 aromatic rings. The first-order chi connectivity index (χ1) is 16.0. The van der Waals surface area contributed by atoms with Crippen molar-refractivity contribution in [2.45, 2.75) is 39.3 Å². The predicted octanol–water partition coefficient (Wildman–Crippen LogP) is 3.97. The molecule has 1 aliphatic heterocycles. The molecule has 180 valence electrons. The zero-order valence-electron chi connectivity index (χ0n) is 18.4. The first-order valence-corrected chi connectivity index (χ1v) is 10.6. The minimum Gasteiger partial charge on any atom is -0.404 e. The number of amides is 1. The summed E-state index contributed by atoms with van der Waals surface area (Å²) in [5.74, 6) is 0.0423. The van der Waals surface area contributed by atoms with E-state index >= 15 is 0 Å². The third kappa shape index (κ3) is 5.16. The maximum Gasteiger partial charge on any atom is 0.573 e. The number of likely N-dealkylation sites (N-methyl/N-ethyl adjacent to an activating group) is 1. The zero-order chi connectivity index (χ0) is 24.6. The fourth-order valence-corrected chi connectivity index (χ4v) is 3.66. The van der Waals surface area contributed by atoms with E-state index in [2.05, 4.69) is 30.7 Å². The van der Waals surface area contributed by atoms with Crippen molar-refractivity contribution >= 4 is 34.7 Å². The van der Waals surface area contributed by atoms with E-state index < -0.39 is 12.1 Å². The molecule has 4 rings (SSSR count). The molecule has 0 saturated heterocycles. The summed E-state index contributed by atoms with van der Waals surface area (Å²) >= 11 is 5.79. The van der Waals surface area contributed by atoms with E-state index in [1.807, 2.05) is 31.9 Å². The van der Waals surface area contributed by atoms with Crippen LogP contribution in [0.3, 0.4) is 0 Å². The Balaban J connectivity index is 1.43. The molecule has 1 atom stereocenters. The fraction of sp³-hybridized carbons (Fsp3) is 0.333. The van der Waals surface area contributed by atoms with Crippen molar-refractivity contribution in [3.8, 4) is 5.75 Å². The summed E-state index contributed by atoms with van der Waals surface area (Å²) in [5, 5.41) is 14.0. The molecule has 13 heteroatoms. The molecule has 1 aliphatic rings. The number of aromatic nitrogens is 4. The highest BCUT2D eigenvalue weighted by Crippen LogP contribution is 2.35. The van der Waals surface area contributed by atoms with Gasteiger partial charge in [-0.05, 0) is 31.5 Å². The molecule has 3 heterocycles. The van der Waals surface area contributed by atoms with Crippen LogP contribution in [0.15, 0.2) is 30.5 Å². The van der Waals surface area contributed by atoms with Gasteiger partial charge in [-0.3, -0.25) is 4.79 Å². The molecule has 0 fully saturated rings. The molecule has 2 aromatic heterocycles. The van der Waals surface area contributed by atoms with E-state index in [9.17, 15) is 18.0 Å². The Morgan fingerprint density at radius 3 is 2.79 bits per heavy atom. The van der Waals surface area contributed by atoms with Crippen LogP contribution in [-0.4, -0.2) is 45.3 Å². The van der Waals surface area contributed by atoms with Crippen LogP contribution in [0.5, 0.6) is 5.75 Å². The number of hydrogen-bond donors (Lipinski definition) is 2. The lowest BCUT2D eigenvalue weighted by Gasteiger charge is -2.34. The maximum absolute atomic E-state index is 12.5. The monoisotopic (exact) mass is 495 g/mol. The number of nitrogens with one attached hydrogen (secondary N) is 2. The van der Waals surface area contributed by atoms with Gasteiger partial charge < -0.3 is 20.3 Å². The number of anilines is 3. The lowest BCUT2D eigenvalue weighted by atomic mass is 10.1. The Bertz CT molecular complexity index is 1230. The van der Waals surface area contributed by atoms with Crippen molar-refractivity contribution in [2.75, 3.05) is 22.6 Å². The highest BCUT2D eigenvalue weighted by atomic mass is 35.5.